The lowest BCUT2D eigenvalue weighted by Crippen LogP contribution is -2.00. The number of rotatable bonds is 8. The summed E-state index contributed by atoms with van der Waals surface area (Å²) in [5, 5.41) is 9.70. The molecule has 0 bridgehead atoms. The monoisotopic (exact) mass is 624 g/mol. The van der Waals surface area contributed by atoms with Crippen LogP contribution in [-0.4, -0.2) is 25.1 Å². The minimum atomic E-state index is -0.209. The fraction of sp³-hybridized carbons (Fsp3) is 0.125. The maximum atomic E-state index is 12.5. The molecule has 0 atom stereocenters. The average molecular weight is 627 g/mol. The molecule has 0 fully saturated rings. The van der Waals surface area contributed by atoms with Gasteiger partial charge in [0.05, 0.1) is 23.2 Å². The van der Waals surface area contributed by atoms with Crippen molar-refractivity contribution in [2.75, 3.05) is 14.2 Å². The highest BCUT2D eigenvalue weighted by Gasteiger charge is 2.12. The van der Waals surface area contributed by atoms with Crippen LogP contribution in [0.3, 0.4) is 0 Å². The van der Waals surface area contributed by atoms with E-state index in [1.54, 1.807) is 19.3 Å². The van der Waals surface area contributed by atoms with E-state index in [0.717, 1.165) is 24.5 Å². The van der Waals surface area contributed by atoms with Crippen molar-refractivity contribution in [3.8, 4) is 23.0 Å². The predicted octanol–water partition coefficient (Wildman–Crippen LogP) is 7.17. The summed E-state index contributed by atoms with van der Waals surface area (Å²) in [6.45, 7) is 0.271. The van der Waals surface area contributed by atoms with Gasteiger partial charge in [-0.05, 0) is 86.0 Å². The lowest BCUT2D eigenvalue weighted by Gasteiger charge is -2.14. The van der Waals surface area contributed by atoms with Gasteiger partial charge in [-0.2, -0.15) is 0 Å². The van der Waals surface area contributed by atoms with Gasteiger partial charge in [0.15, 0.2) is 17.3 Å². The van der Waals surface area contributed by atoms with E-state index >= 15 is 0 Å². The number of hydrogen-bond acceptors (Lipinski definition) is 5. The highest BCUT2D eigenvalue weighted by Crippen LogP contribution is 2.37. The van der Waals surface area contributed by atoms with Gasteiger partial charge in [0.25, 0.3) is 0 Å². The van der Waals surface area contributed by atoms with Crippen LogP contribution in [-0.2, 0) is 6.61 Å². The first-order chi connectivity index (χ1) is 15.3. The molecule has 166 valence electrons. The number of phenolic OH excluding ortho intramolecular Hbond substituents is 1. The molecule has 0 heterocycles. The van der Waals surface area contributed by atoms with Gasteiger partial charge in [0, 0.05) is 15.6 Å². The molecular weight excluding hydrogens is 608 g/mol. The zero-order chi connectivity index (χ0) is 23.3. The highest BCUT2D eigenvalue weighted by molar-refractivity contribution is 9.11. The minimum Gasteiger partial charge on any atom is -0.504 e. The van der Waals surface area contributed by atoms with E-state index in [4.69, 9.17) is 14.2 Å². The SMILES string of the molecule is COc1cc(C(=O)/C=C/c2ccc(OC)c(COc3c(Br)cc(Br)cc3Br)c2)ccc1O. The van der Waals surface area contributed by atoms with Crippen molar-refractivity contribution in [3.63, 3.8) is 0 Å². The zero-order valence-corrected chi connectivity index (χ0v) is 22.0. The number of ether oxygens (including phenoxy) is 3. The fourth-order valence-corrected chi connectivity index (χ4v) is 5.42. The maximum absolute atomic E-state index is 12.5. The molecule has 0 aliphatic rings. The van der Waals surface area contributed by atoms with Gasteiger partial charge in [-0.25, -0.2) is 0 Å². The van der Waals surface area contributed by atoms with E-state index in [-0.39, 0.29) is 23.9 Å². The van der Waals surface area contributed by atoms with Gasteiger partial charge < -0.3 is 19.3 Å². The summed E-state index contributed by atoms with van der Waals surface area (Å²) in [6, 6.07) is 13.9. The molecule has 32 heavy (non-hydrogen) atoms. The van der Waals surface area contributed by atoms with Crippen molar-refractivity contribution in [3.05, 3.63) is 84.7 Å². The van der Waals surface area contributed by atoms with Gasteiger partial charge in [0.1, 0.15) is 18.1 Å². The van der Waals surface area contributed by atoms with Crippen molar-refractivity contribution < 1.29 is 24.1 Å². The Morgan fingerprint density at radius 1 is 0.938 bits per heavy atom. The van der Waals surface area contributed by atoms with Gasteiger partial charge in [-0.1, -0.05) is 28.1 Å². The summed E-state index contributed by atoms with van der Waals surface area (Å²) in [4.78, 5) is 12.5. The number of ketones is 1. The number of hydrogen-bond donors (Lipinski definition) is 1. The van der Waals surface area contributed by atoms with Crippen LogP contribution in [0.15, 0.2) is 68.0 Å². The minimum absolute atomic E-state index is 0.0168. The van der Waals surface area contributed by atoms with Crippen molar-refractivity contribution >= 4 is 59.6 Å². The lowest BCUT2D eigenvalue weighted by atomic mass is 10.1. The van der Waals surface area contributed by atoms with Crippen molar-refractivity contribution in [1.82, 2.24) is 0 Å². The van der Waals surface area contributed by atoms with Gasteiger partial charge >= 0.3 is 0 Å². The lowest BCUT2D eigenvalue weighted by molar-refractivity contribution is 0.104. The standard InChI is InChI=1S/C24H19Br3O5/c1-30-22-8-4-14(3-6-20(28)15-5-7-21(29)23(10-15)31-2)9-16(22)13-32-24-18(26)11-17(25)12-19(24)27/h3-12,29H,13H2,1-2H3/b6-3+. The number of methoxy groups -OCH3 is 2. The summed E-state index contributed by atoms with van der Waals surface area (Å²) in [5.41, 5.74) is 2.06. The van der Waals surface area contributed by atoms with Crippen LogP contribution in [0.2, 0.25) is 0 Å². The number of benzene rings is 3. The zero-order valence-electron chi connectivity index (χ0n) is 17.2. The van der Waals surface area contributed by atoms with Crippen LogP contribution in [0.5, 0.6) is 23.0 Å². The molecule has 3 aromatic carbocycles. The molecule has 0 spiro atoms. The Hall–Kier alpha value is -2.29. The molecule has 0 aromatic heterocycles. The molecule has 0 saturated heterocycles. The van der Waals surface area contributed by atoms with E-state index in [1.807, 2.05) is 30.3 Å². The molecule has 0 amide bonds. The Balaban J connectivity index is 1.79. The van der Waals surface area contributed by atoms with Crippen LogP contribution < -0.4 is 14.2 Å². The Labute approximate surface area is 211 Å². The second kappa shape index (κ2) is 11.0. The topological polar surface area (TPSA) is 65.0 Å². The third-order valence-electron chi connectivity index (χ3n) is 4.53. The molecule has 0 saturated carbocycles. The molecule has 0 unspecified atom stereocenters. The average Bonchev–Trinajstić information content (AvgIpc) is 2.77. The van der Waals surface area contributed by atoms with E-state index in [0.29, 0.717) is 17.1 Å². The number of halogens is 3. The van der Waals surface area contributed by atoms with Crippen LogP contribution in [0.1, 0.15) is 21.5 Å². The molecule has 3 aromatic rings. The van der Waals surface area contributed by atoms with Gasteiger partial charge in [0.2, 0.25) is 0 Å². The molecule has 0 radical (unpaired) electrons. The normalized spacial score (nSPS) is 10.9. The third kappa shape index (κ3) is 5.94. The Morgan fingerprint density at radius 2 is 1.62 bits per heavy atom. The summed E-state index contributed by atoms with van der Waals surface area (Å²) in [6.07, 6.45) is 3.19. The van der Waals surface area contributed by atoms with Crippen LogP contribution in [0.25, 0.3) is 6.08 Å². The predicted molar refractivity (Wildman–Crippen MR) is 135 cm³/mol. The van der Waals surface area contributed by atoms with Crippen molar-refractivity contribution in [2.45, 2.75) is 6.61 Å². The molecule has 8 heteroatoms. The molecule has 5 nitrogen and oxygen atoms in total. The molecule has 1 N–H and O–H groups in total. The van der Waals surface area contributed by atoms with Crippen LogP contribution in [0.4, 0.5) is 0 Å². The number of carbonyl (C=O) groups excluding carboxylic acids is 1. The highest BCUT2D eigenvalue weighted by atomic mass is 79.9. The first-order valence-electron chi connectivity index (χ1n) is 9.36. The van der Waals surface area contributed by atoms with Crippen LogP contribution in [0, 0.1) is 0 Å². The largest absolute Gasteiger partial charge is 0.504 e. The number of allylic oxidation sites excluding steroid dienone is 1. The molecule has 0 aliphatic carbocycles. The Morgan fingerprint density at radius 3 is 2.28 bits per heavy atom. The number of phenols is 1. The van der Waals surface area contributed by atoms with Gasteiger partial charge in [-0.15, -0.1) is 0 Å². The maximum Gasteiger partial charge on any atom is 0.185 e. The number of carbonyl (C=O) groups is 1. The second-order valence-corrected chi connectivity index (χ2v) is 9.27. The first kappa shape index (κ1) is 24.4. The number of aromatic hydroxyl groups is 1. The quantitative estimate of drug-likeness (QED) is 0.212. The molecule has 0 aliphatic heterocycles. The summed E-state index contributed by atoms with van der Waals surface area (Å²) in [5.74, 6) is 1.38. The third-order valence-corrected chi connectivity index (χ3v) is 6.17. The van der Waals surface area contributed by atoms with E-state index < -0.39 is 0 Å². The van der Waals surface area contributed by atoms with E-state index in [1.165, 1.54) is 25.3 Å². The van der Waals surface area contributed by atoms with Crippen LogP contribution >= 0.6 is 47.8 Å². The van der Waals surface area contributed by atoms with E-state index in [2.05, 4.69) is 47.8 Å². The van der Waals surface area contributed by atoms with Crippen molar-refractivity contribution in [1.29, 1.82) is 0 Å². The summed E-state index contributed by atoms with van der Waals surface area (Å²) < 4.78 is 19.1. The second-order valence-electron chi connectivity index (χ2n) is 6.64. The summed E-state index contributed by atoms with van der Waals surface area (Å²) in [7, 11) is 3.03. The molecular formula is C24H19Br3O5. The van der Waals surface area contributed by atoms with E-state index in [9.17, 15) is 9.90 Å². The molecule has 3 rings (SSSR count). The fourth-order valence-electron chi connectivity index (χ4n) is 2.93. The summed E-state index contributed by atoms with van der Waals surface area (Å²) >= 11 is 10.5. The Kier molecular flexibility index (Phi) is 8.39. The smallest absolute Gasteiger partial charge is 0.185 e. The Bertz CT molecular complexity index is 1150. The first-order valence-corrected chi connectivity index (χ1v) is 11.7. The van der Waals surface area contributed by atoms with Gasteiger partial charge in [-0.3, -0.25) is 4.79 Å². The van der Waals surface area contributed by atoms with Crippen molar-refractivity contribution in [2.24, 2.45) is 0 Å².